The van der Waals surface area contributed by atoms with Gasteiger partial charge >= 0.3 is 0 Å². The van der Waals surface area contributed by atoms with Crippen molar-refractivity contribution in [3.8, 4) is 22.5 Å². The molecule has 0 unspecified atom stereocenters. The number of hydrogen-bond acceptors (Lipinski definition) is 6. The molecule has 0 saturated heterocycles. The summed E-state index contributed by atoms with van der Waals surface area (Å²) in [5.74, 6) is -0.321. The minimum Gasteiger partial charge on any atom is -0.397 e. The number of carbonyl (C=O) groups excluding carboxylic acids is 1. The molecule has 0 fully saturated rings. The molecule has 3 aromatic heterocycles. The van der Waals surface area contributed by atoms with Crippen molar-refractivity contribution in [2.24, 2.45) is 0 Å². The molecular weight excluding hydrogens is 483 g/mol. The fraction of sp³-hybridized carbons (Fsp3) is 0. The molecule has 0 atom stereocenters. The van der Waals surface area contributed by atoms with Crippen molar-refractivity contribution in [3.05, 3.63) is 81.0 Å². The largest absolute Gasteiger partial charge is 0.397 e. The van der Waals surface area contributed by atoms with Gasteiger partial charge in [-0.1, -0.05) is 53.5 Å². The fourth-order valence-corrected chi connectivity index (χ4v) is 5.28. The number of halogens is 2. The van der Waals surface area contributed by atoms with E-state index in [0.29, 0.717) is 36.3 Å². The van der Waals surface area contributed by atoms with Gasteiger partial charge in [0.1, 0.15) is 9.71 Å². The smallest absolute Gasteiger partial charge is 0.269 e. The van der Waals surface area contributed by atoms with Crippen LogP contribution in [-0.2, 0) is 0 Å². The van der Waals surface area contributed by atoms with Crippen molar-refractivity contribution in [2.75, 3.05) is 11.1 Å². The summed E-state index contributed by atoms with van der Waals surface area (Å²) >= 11 is 14.8. The Morgan fingerprint density at radius 3 is 2.50 bits per heavy atom. The van der Waals surface area contributed by atoms with Crippen LogP contribution in [0.25, 0.3) is 32.7 Å². The van der Waals surface area contributed by atoms with Crippen LogP contribution in [0.3, 0.4) is 0 Å². The van der Waals surface area contributed by atoms with E-state index in [0.717, 1.165) is 22.2 Å². The van der Waals surface area contributed by atoms with E-state index in [4.69, 9.17) is 28.9 Å². The Balaban J connectivity index is 1.42. The van der Waals surface area contributed by atoms with E-state index in [9.17, 15) is 4.79 Å². The SMILES string of the molecule is Nc1c(C(=O)Nc2nc(-c3ccccc3Cl)cs2)sc2nc(-c3ccc(Cl)cc3)ccc12. The Hall–Kier alpha value is -2.97. The van der Waals surface area contributed by atoms with Gasteiger partial charge in [0.25, 0.3) is 5.91 Å². The number of amides is 1. The van der Waals surface area contributed by atoms with E-state index in [2.05, 4.69) is 15.3 Å². The molecule has 3 N–H and O–H groups in total. The van der Waals surface area contributed by atoms with Gasteiger partial charge in [0.15, 0.2) is 5.13 Å². The van der Waals surface area contributed by atoms with Gasteiger partial charge in [-0.05, 0) is 30.3 Å². The first-order valence-corrected chi connectivity index (χ1v) is 11.9. The number of rotatable bonds is 4. The maximum atomic E-state index is 12.9. The molecule has 0 radical (unpaired) electrons. The number of benzene rings is 2. The second-order valence-corrected chi connectivity index (χ2v) is 9.57. The third-order valence-corrected chi connectivity index (χ3v) is 7.27. The van der Waals surface area contributed by atoms with Gasteiger partial charge in [0.2, 0.25) is 0 Å². The topological polar surface area (TPSA) is 80.9 Å². The minimum atomic E-state index is -0.321. The Bertz CT molecular complexity index is 1460. The molecule has 2 aromatic carbocycles. The zero-order chi connectivity index (χ0) is 22.2. The van der Waals surface area contributed by atoms with Gasteiger partial charge < -0.3 is 5.73 Å². The van der Waals surface area contributed by atoms with E-state index in [1.54, 1.807) is 6.07 Å². The van der Waals surface area contributed by atoms with Crippen LogP contribution in [0, 0.1) is 0 Å². The highest BCUT2D eigenvalue weighted by atomic mass is 35.5. The number of anilines is 2. The number of thiophene rings is 1. The highest BCUT2D eigenvalue weighted by molar-refractivity contribution is 7.21. The quantitative estimate of drug-likeness (QED) is 0.275. The van der Waals surface area contributed by atoms with Gasteiger partial charge in [-0.3, -0.25) is 10.1 Å². The molecule has 5 nitrogen and oxygen atoms in total. The second-order valence-electron chi connectivity index (χ2n) is 6.87. The number of pyridine rings is 1. The summed E-state index contributed by atoms with van der Waals surface area (Å²) in [6.45, 7) is 0. The molecular formula is C23H14Cl2N4OS2. The maximum absolute atomic E-state index is 12.9. The average Bonchev–Trinajstić information content (AvgIpc) is 3.39. The summed E-state index contributed by atoms with van der Waals surface area (Å²) in [5.41, 5.74) is 9.91. The molecule has 158 valence electrons. The van der Waals surface area contributed by atoms with Gasteiger partial charge in [-0.25, -0.2) is 9.97 Å². The number of carbonyl (C=O) groups is 1. The molecule has 0 bridgehead atoms. The number of nitrogens with two attached hydrogens (primary N) is 1. The first kappa shape index (κ1) is 20.9. The van der Waals surface area contributed by atoms with Crippen LogP contribution < -0.4 is 11.1 Å². The summed E-state index contributed by atoms with van der Waals surface area (Å²) in [5, 5.41) is 7.17. The predicted octanol–water partition coefficient (Wildman–Crippen LogP) is 7.23. The zero-order valence-electron chi connectivity index (χ0n) is 16.3. The van der Waals surface area contributed by atoms with Gasteiger partial charge in [-0.15, -0.1) is 22.7 Å². The summed E-state index contributed by atoms with van der Waals surface area (Å²) in [6.07, 6.45) is 0. The first-order valence-electron chi connectivity index (χ1n) is 9.46. The number of fused-ring (bicyclic) bond motifs is 1. The third-order valence-electron chi connectivity index (χ3n) is 4.81. The second kappa shape index (κ2) is 8.52. The highest BCUT2D eigenvalue weighted by Crippen LogP contribution is 2.36. The molecule has 0 aliphatic carbocycles. The van der Waals surface area contributed by atoms with Crippen LogP contribution >= 0.6 is 45.9 Å². The molecule has 32 heavy (non-hydrogen) atoms. The van der Waals surface area contributed by atoms with E-state index in [1.165, 1.54) is 22.7 Å². The summed E-state index contributed by atoms with van der Waals surface area (Å²) in [4.78, 5) is 23.2. The number of nitrogens with one attached hydrogen (secondary N) is 1. The Labute approximate surface area is 201 Å². The predicted molar refractivity (Wildman–Crippen MR) is 135 cm³/mol. The summed E-state index contributed by atoms with van der Waals surface area (Å²) in [7, 11) is 0. The zero-order valence-corrected chi connectivity index (χ0v) is 19.4. The van der Waals surface area contributed by atoms with Crippen LogP contribution in [0.1, 0.15) is 9.67 Å². The lowest BCUT2D eigenvalue weighted by Crippen LogP contribution is -2.11. The van der Waals surface area contributed by atoms with Crippen LogP contribution in [-0.4, -0.2) is 15.9 Å². The molecule has 1 amide bonds. The van der Waals surface area contributed by atoms with Crippen molar-refractivity contribution in [1.82, 2.24) is 9.97 Å². The molecule has 0 aliphatic rings. The number of hydrogen-bond donors (Lipinski definition) is 2. The van der Waals surface area contributed by atoms with E-state index >= 15 is 0 Å². The van der Waals surface area contributed by atoms with Crippen LogP contribution in [0.5, 0.6) is 0 Å². The third kappa shape index (κ3) is 3.96. The monoisotopic (exact) mass is 496 g/mol. The Morgan fingerprint density at radius 1 is 0.938 bits per heavy atom. The Morgan fingerprint density at radius 2 is 1.72 bits per heavy atom. The lowest BCUT2D eigenvalue weighted by molar-refractivity contribution is 0.103. The molecule has 3 heterocycles. The van der Waals surface area contributed by atoms with Crippen LogP contribution in [0.2, 0.25) is 10.0 Å². The molecule has 5 rings (SSSR count). The lowest BCUT2D eigenvalue weighted by Gasteiger charge is -2.01. The maximum Gasteiger partial charge on any atom is 0.269 e. The molecule has 0 saturated carbocycles. The van der Waals surface area contributed by atoms with E-state index in [1.807, 2.05) is 60.0 Å². The average molecular weight is 497 g/mol. The lowest BCUT2D eigenvalue weighted by atomic mass is 10.1. The highest BCUT2D eigenvalue weighted by Gasteiger charge is 2.19. The molecule has 0 aliphatic heterocycles. The van der Waals surface area contributed by atoms with Gasteiger partial charge in [-0.2, -0.15) is 0 Å². The standard InChI is InChI=1S/C23H14Cl2N4OS2/c24-13-7-5-12(6-8-13)17-10-9-15-19(26)20(32-22(15)27-17)21(30)29-23-28-18(11-31-23)14-3-1-2-4-16(14)25/h1-11H,26H2,(H,28,29,30). The minimum absolute atomic E-state index is 0.321. The molecule has 9 heteroatoms. The van der Waals surface area contributed by atoms with Crippen molar-refractivity contribution < 1.29 is 4.79 Å². The first-order chi connectivity index (χ1) is 15.5. The number of nitrogens with zero attached hydrogens (tertiary/aromatic N) is 2. The molecule has 0 spiro atoms. The summed E-state index contributed by atoms with van der Waals surface area (Å²) in [6, 6.07) is 18.6. The summed E-state index contributed by atoms with van der Waals surface area (Å²) < 4.78 is 0. The number of nitrogen functional groups attached to an aromatic ring is 1. The van der Waals surface area contributed by atoms with E-state index < -0.39 is 0 Å². The van der Waals surface area contributed by atoms with Crippen molar-refractivity contribution >= 4 is 72.8 Å². The number of thiazole rings is 1. The van der Waals surface area contributed by atoms with Crippen LogP contribution in [0.15, 0.2) is 66.0 Å². The number of aromatic nitrogens is 2. The van der Waals surface area contributed by atoms with Gasteiger partial charge in [0.05, 0.1) is 17.1 Å². The Kier molecular flexibility index (Phi) is 5.57. The van der Waals surface area contributed by atoms with Crippen LogP contribution in [0.4, 0.5) is 10.8 Å². The fourth-order valence-electron chi connectivity index (χ4n) is 3.22. The van der Waals surface area contributed by atoms with Crippen molar-refractivity contribution in [2.45, 2.75) is 0 Å². The van der Waals surface area contributed by atoms with Crippen molar-refractivity contribution in [3.63, 3.8) is 0 Å². The normalized spacial score (nSPS) is 11.1. The molecule has 5 aromatic rings. The van der Waals surface area contributed by atoms with Gasteiger partial charge in [0, 0.05) is 31.9 Å². The van der Waals surface area contributed by atoms with E-state index in [-0.39, 0.29) is 5.91 Å². The van der Waals surface area contributed by atoms with Crippen molar-refractivity contribution in [1.29, 1.82) is 0 Å².